The second kappa shape index (κ2) is 5.18. The number of hydrogen-bond donors (Lipinski definition) is 2. The topological polar surface area (TPSA) is 55.1 Å². The highest BCUT2D eigenvalue weighted by Gasteiger charge is 2.20. The number of amides is 1. The number of nitrogens with one attached hydrogen (secondary N) is 1. The zero-order valence-corrected chi connectivity index (χ0v) is 9.43. The Morgan fingerprint density at radius 2 is 1.82 bits per heavy atom. The first-order valence-corrected chi connectivity index (χ1v) is 5.04. The third-order valence-electron chi connectivity index (χ3n) is 2.31. The molecule has 0 heterocycles. The Bertz CT molecular complexity index is 435. The summed E-state index contributed by atoms with van der Waals surface area (Å²) in [6, 6.07) is 0.829. The number of nitrogens with two attached hydrogens (primary N) is 1. The number of benzene rings is 1. The Hall–Kier alpha value is -1.56. The Morgan fingerprint density at radius 3 is 2.35 bits per heavy atom. The predicted octanol–water partition coefficient (Wildman–Crippen LogP) is 2.03. The average molecular weight is 246 g/mol. The minimum Gasteiger partial charge on any atom is -0.322 e. The van der Waals surface area contributed by atoms with Crippen molar-refractivity contribution < 1.29 is 18.0 Å². The summed E-state index contributed by atoms with van der Waals surface area (Å²) in [6.07, 6.45) is 0. The molecule has 3 nitrogen and oxygen atoms in total. The molecule has 0 saturated heterocycles. The molecule has 0 bridgehead atoms. The van der Waals surface area contributed by atoms with Crippen LogP contribution >= 0.6 is 0 Å². The van der Waals surface area contributed by atoms with Crippen molar-refractivity contribution in [2.75, 3.05) is 5.32 Å². The maximum atomic E-state index is 13.2. The van der Waals surface area contributed by atoms with Gasteiger partial charge in [-0.25, -0.2) is 13.2 Å². The van der Waals surface area contributed by atoms with Crippen molar-refractivity contribution in [2.45, 2.75) is 19.9 Å². The molecule has 0 aromatic heterocycles. The van der Waals surface area contributed by atoms with Crippen molar-refractivity contribution in [1.29, 1.82) is 0 Å². The molecule has 1 atom stereocenters. The van der Waals surface area contributed by atoms with Gasteiger partial charge in [-0.1, -0.05) is 13.8 Å². The van der Waals surface area contributed by atoms with Gasteiger partial charge >= 0.3 is 0 Å². The first-order valence-electron chi connectivity index (χ1n) is 5.04. The van der Waals surface area contributed by atoms with E-state index in [1.165, 1.54) is 0 Å². The minimum absolute atomic E-state index is 0.150. The molecule has 1 aromatic carbocycles. The van der Waals surface area contributed by atoms with Crippen LogP contribution in [0.4, 0.5) is 18.9 Å². The summed E-state index contributed by atoms with van der Waals surface area (Å²) in [4.78, 5) is 11.5. The molecular weight excluding hydrogens is 233 g/mol. The largest absolute Gasteiger partial charge is 0.322 e. The van der Waals surface area contributed by atoms with Crippen molar-refractivity contribution in [2.24, 2.45) is 11.7 Å². The fraction of sp³-hybridized carbons (Fsp3) is 0.364. The van der Waals surface area contributed by atoms with E-state index in [1.54, 1.807) is 13.8 Å². The molecule has 0 spiro atoms. The van der Waals surface area contributed by atoms with Crippen LogP contribution in [-0.2, 0) is 4.79 Å². The first-order chi connectivity index (χ1) is 7.84. The lowest BCUT2D eigenvalue weighted by Crippen LogP contribution is -2.40. The standard InChI is InChI=1S/C11H13F3N2O/c1-5(2)10(15)11(17)16-7-4-3-6(12)8(13)9(7)14/h3-5,10H,15H2,1-2H3,(H,16,17)/t10-/m1/s1. The highest BCUT2D eigenvalue weighted by molar-refractivity contribution is 5.94. The van der Waals surface area contributed by atoms with Gasteiger partial charge in [0, 0.05) is 0 Å². The number of carbonyl (C=O) groups excluding carboxylic acids is 1. The number of rotatable bonds is 3. The molecular formula is C11H13F3N2O. The summed E-state index contributed by atoms with van der Waals surface area (Å²) >= 11 is 0. The monoisotopic (exact) mass is 246 g/mol. The van der Waals surface area contributed by atoms with Crippen LogP contribution in [0.1, 0.15) is 13.8 Å². The van der Waals surface area contributed by atoms with Gasteiger partial charge < -0.3 is 11.1 Å². The molecule has 17 heavy (non-hydrogen) atoms. The molecule has 0 radical (unpaired) electrons. The molecule has 1 aromatic rings. The molecule has 3 N–H and O–H groups in total. The predicted molar refractivity (Wildman–Crippen MR) is 57.8 cm³/mol. The lowest BCUT2D eigenvalue weighted by molar-refractivity contribution is -0.118. The summed E-state index contributed by atoms with van der Waals surface area (Å²) in [5.41, 5.74) is 5.10. The Labute approximate surface area is 96.8 Å². The van der Waals surface area contributed by atoms with Gasteiger partial charge in [0.15, 0.2) is 17.5 Å². The van der Waals surface area contributed by atoms with E-state index in [1.807, 2.05) is 0 Å². The summed E-state index contributed by atoms with van der Waals surface area (Å²) in [6.45, 7) is 3.43. The summed E-state index contributed by atoms with van der Waals surface area (Å²) < 4.78 is 38.7. The highest BCUT2D eigenvalue weighted by Crippen LogP contribution is 2.19. The Morgan fingerprint density at radius 1 is 1.24 bits per heavy atom. The number of halogens is 3. The van der Waals surface area contributed by atoms with Gasteiger partial charge in [0.1, 0.15) is 0 Å². The molecule has 0 aliphatic carbocycles. The fourth-order valence-electron chi connectivity index (χ4n) is 1.14. The molecule has 1 rings (SSSR count). The average Bonchev–Trinajstić information content (AvgIpc) is 2.28. The van der Waals surface area contributed by atoms with Crippen LogP contribution < -0.4 is 11.1 Å². The van der Waals surface area contributed by atoms with Gasteiger partial charge in [-0.05, 0) is 18.1 Å². The van der Waals surface area contributed by atoms with E-state index in [9.17, 15) is 18.0 Å². The second-order valence-electron chi connectivity index (χ2n) is 3.98. The molecule has 0 unspecified atom stereocenters. The van der Waals surface area contributed by atoms with E-state index >= 15 is 0 Å². The zero-order chi connectivity index (χ0) is 13.2. The smallest absolute Gasteiger partial charge is 0.241 e. The van der Waals surface area contributed by atoms with E-state index in [2.05, 4.69) is 5.32 Å². The second-order valence-corrected chi connectivity index (χ2v) is 3.98. The molecule has 6 heteroatoms. The Balaban J connectivity index is 2.90. The van der Waals surface area contributed by atoms with Crippen molar-refractivity contribution in [3.05, 3.63) is 29.6 Å². The minimum atomic E-state index is -1.62. The van der Waals surface area contributed by atoms with E-state index in [4.69, 9.17) is 5.73 Å². The zero-order valence-electron chi connectivity index (χ0n) is 9.43. The van der Waals surface area contributed by atoms with Crippen LogP contribution in [0.3, 0.4) is 0 Å². The molecule has 0 aliphatic rings. The van der Waals surface area contributed by atoms with Crippen LogP contribution in [0.15, 0.2) is 12.1 Å². The molecule has 94 valence electrons. The first kappa shape index (κ1) is 13.5. The van der Waals surface area contributed by atoms with Crippen molar-refractivity contribution in [3.8, 4) is 0 Å². The van der Waals surface area contributed by atoms with E-state index in [-0.39, 0.29) is 5.92 Å². The quantitative estimate of drug-likeness (QED) is 0.802. The van der Waals surface area contributed by atoms with Crippen LogP contribution in [0.2, 0.25) is 0 Å². The van der Waals surface area contributed by atoms with Crippen LogP contribution in [0.5, 0.6) is 0 Å². The Kier molecular flexibility index (Phi) is 4.11. The SMILES string of the molecule is CC(C)[C@@H](N)C(=O)Nc1ccc(F)c(F)c1F. The maximum absolute atomic E-state index is 13.2. The number of hydrogen-bond acceptors (Lipinski definition) is 2. The van der Waals surface area contributed by atoms with Gasteiger partial charge in [0.25, 0.3) is 0 Å². The molecule has 0 saturated carbocycles. The maximum Gasteiger partial charge on any atom is 0.241 e. The van der Waals surface area contributed by atoms with Crippen molar-refractivity contribution in [3.63, 3.8) is 0 Å². The van der Waals surface area contributed by atoms with E-state index in [0.29, 0.717) is 0 Å². The summed E-state index contributed by atoms with van der Waals surface area (Å²) in [5, 5.41) is 2.11. The lowest BCUT2D eigenvalue weighted by atomic mass is 10.0. The highest BCUT2D eigenvalue weighted by atomic mass is 19.2. The molecule has 0 fully saturated rings. The summed E-state index contributed by atoms with van der Waals surface area (Å²) in [7, 11) is 0. The van der Waals surface area contributed by atoms with Crippen molar-refractivity contribution >= 4 is 11.6 Å². The summed E-state index contributed by atoms with van der Waals surface area (Å²) in [5.74, 6) is -5.17. The van der Waals surface area contributed by atoms with E-state index < -0.39 is 35.1 Å². The third-order valence-corrected chi connectivity index (χ3v) is 2.31. The van der Waals surface area contributed by atoms with Gasteiger partial charge in [-0.3, -0.25) is 4.79 Å². The number of anilines is 1. The van der Waals surface area contributed by atoms with Gasteiger partial charge in [-0.2, -0.15) is 0 Å². The van der Waals surface area contributed by atoms with Gasteiger partial charge in [0.05, 0.1) is 11.7 Å². The van der Waals surface area contributed by atoms with Crippen molar-refractivity contribution in [1.82, 2.24) is 0 Å². The lowest BCUT2D eigenvalue weighted by Gasteiger charge is -2.15. The van der Waals surface area contributed by atoms with E-state index in [0.717, 1.165) is 12.1 Å². The molecule has 1 amide bonds. The third kappa shape index (κ3) is 2.97. The fourth-order valence-corrected chi connectivity index (χ4v) is 1.14. The molecule has 0 aliphatic heterocycles. The number of carbonyl (C=O) groups is 1. The van der Waals surface area contributed by atoms with Gasteiger partial charge in [0.2, 0.25) is 5.91 Å². The van der Waals surface area contributed by atoms with Crippen LogP contribution in [0.25, 0.3) is 0 Å². The van der Waals surface area contributed by atoms with Crippen LogP contribution in [0, 0.1) is 23.4 Å². The van der Waals surface area contributed by atoms with Crippen LogP contribution in [-0.4, -0.2) is 11.9 Å². The normalized spacial score (nSPS) is 12.6. The van der Waals surface area contributed by atoms with Gasteiger partial charge in [-0.15, -0.1) is 0 Å².